The van der Waals surface area contributed by atoms with E-state index in [9.17, 15) is 23.7 Å². The van der Waals surface area contributed by atoms with E-state index in [4.69, 9.17) is 10.2 Å². The molecule has 16 heavy (non-hydrogen) atoms. The van der Waals surface area contributed by atoms with Crippen LogP contribution in [0, 0.1) is 10.1 Å². The fourth-order valence-corrected chi connectivity index (χ4v) is 0.979. The molecular formula is C7H4F2N2O5. The van der Waals surface area contributed by atoms with Crippen molar-refractivity contribution in [3.05, 3.63) is 27.4 Å². The van der Waals surface area contributed by atoms with Gasteiger partial charge in [-0.25, -0.2) is 13.6 Å². The van der Waals surface area contributed by atoms with Gasteiger partial charge in [-0.15, -0.1) is 0 Å². The number of carbonyl (C=O) groups is 1. The van der Waals surface area contributed by atoms with Gasteiger partial charge in [-0.2, -0.15) is 0 Å². The maximum Gasteiger partial charge on any atom is 0.406 e. The zero-order chi connectivity index (χ0) is 12.5. The molecule has 1 heterocycles. The van der Waals surface area contributed by atoms with Gasteiger partial charge in [0.25, 0.3) is 0 Å². The zero-order valence-corrected chi connectivity index (χ0v) is 7.42. The number of hydrogen-bond acceptors (Lipinski definition) is 5. The number of alkyl halides is 2. The summed E-state index contributed by atoms with van der Waals surface area (Å²) >= 11 is 0. The van der Waals surface area contributed by atoms with E-state index in [0.717, 1.165) is 0 Å². The Morgan fingerprint density at radius 3 is 2.50 bits per heavy atom. The third-order valence-corrected chi connectivity index (χ3v) is 1.62. The van der Waals surface area contributed by atoms with Crippen LogP contribution in [0.25, 0.3) is 0 Å². The SMILES string of the molecule is O=C(O)c1cc(O)c([N+](=O)[O-])nc1C(F)F. The highest BCUT2D eigenvalue weighted by molar-refractivity contribution is 5.89. The van der Waals surface area contributed by atoms with E-state index in [1.54, 1.807) is 0 Å². The molecule has 7 nitrogen and oxygen atoms in total. The molecule has 0 atom stereocenters. The summed E-state index contributed by atoms with van der Waals surface area (Å²) in [6.07, 6.45) is -3.29. The van der Waals surface area contributed by atoms with Crippen molar-refractivity contribution in [2.75, 3.05) is 0 Å². The minimum absolute atomic E-state index is 0.370. The van der Waals surface area contributed by atoms with E-state index < -0.39 is 40.1 Å². The van der Waals surface area contributed by atoms with Crippen molar-refractivity contribution in [3.8, 4) is 5.75 Å². The van der Waals surface area contributed by atoms with E-state index in [1.165, 1.54) is 0 Å². The Bertz CT molecular complexity index is 462. The van der Waals surface area contributed by atoms with E-state index in [1.807, 2.05) is 0 Å². The van der Waals surface area contributed by atoms with Crippen LogP contribution in [-0.4, -0.2) is 26.1 Å². The lowest BCUT2D eigenvalue weighted by atomic mass is 10.2. The molecule has 9 heteroatoms. The van der Waals surface area contributed by atoms with Crippen molar-refractivity contribution in [1.82, 2.24) is 4.98 Å². The number of halogens is 2. The van der Waals surface area contributed by atoms with Crippen molar-refractivity contribution >= 4 is 11.8 Å². The largest absolute Gasteiger partial charge is 0.501 e. The molecule has 0 aliphatic carbocycles. The number of carboxylic acids is 1. The Morgan fingerprint density at radius 2 is 2.12 bits per heavy atom. The summed E-state index contributed by atoms with van der Waals surface area (Å²) in [6.45, 7) is 0. The highest BCUT2D eigenvalue weighted by Crippen LogP contribution is 2.30. The maximum absolute atomic E-state index is 12.3. The van der Waals surface area contributed by atoms with E-state index >= 15 is 0 Å². The minimum atomic E-state index is -3.29. The summed E-state index contributed by atoms with van der Waals surface area (Å²) in [7, 11) is 0. The van der Waals surface area contributed by atoms with Crippen molar-refractivity contribution in [3.63, 3.8) is 0 Å². The van der Waals surface area contributed by atoms with Gasteiger partial charge in [-0.05, 0) is 9.91 Å². The molecule has 1 rings (SSSR count). The summed E-state index contributed by atoms with van der Waals surface area (Å²) in [5.41, 5.74) is -2.23. The Morgan fingerprint density at radius 1 is 1.56 bits per heavy atom. The Balaban J connectivity index is 3.49. The van der Waals surface area contributed by atoms with Gasteiger partial charge in [0, 0.05) is 6.07 Å². The number of aromatic nitrogens is 1. The van der Waals surface area contributed by atoms with Crippen LogP contribution in [0.2, 0.25) is 0 Å². The first-order valence-corrected chi connectivity index (χ1v) is 3.74. The molecule has 86 valence electrons. The molecule has 0 saturated heterocycles. The summed E-state index contributed by atoms with van der Waals surface area (Å²) in [6, 6.07) is 0.370. The van der Waals surface area contributed by atoms with E-state index in [-0.39, 0.29) is 0 Å². The molecular weight excluding hydrogens is 230 g/mol. The van der Waals surface area contributed by atoms with Gasteiger partial charge in [0.05, 0.1) is 0 Å². The van der Waals surface area contributed by atoms with Crippen LogP contribution in [0.3, 0.4) is 0 Å². The molecule has 0 aliphatic rings. The summed E-state index contributed by atoms with van der Waals surface area (Å²) < 4.78 is 24.7. The van der Waals surface area contributed by atoms with Crippen LogP contribution in [0.5, 0.6) is 5.75 Å². The lowest BCUT2D eigenvalue weighted by Crippen LogP contribution is -2.07. The van der Waals surface area contributed by atoms with Gasteiger partial charge in [0.15, 0.2) is 0 Å². The number of nitrogens with zero attached hydrogens (tertiary/aromatic N) is 2. The average molecular weight is 234 g/mol. The second-order valence-electron chi connectivity index (χ2n) is 2.63. The predicted molar refractivity (Wildman–Crippen MR) is 44.5 cm³/mol. The molecule has 0 aliphatic heterocycles. The van der Waals surface area contributed by atoms with Gasteiger partial charge in [0.2, 0.25) is 11.4 Å². The Hall–Kier alpha value is -2.32. The topological polar surface area (TPSA) is 114 Å². The number of aromatic carboxylic acids is 1. The van der Waals surface area contributed by atoms with Gasteiger partial charge < -0.3 is 20.3 Å². The molecule has 2 N–H and O–H groups in total. The quantitative estimate of drug-likeness (QED) is 0.602. The van der Waals surface area contributed by atoms with Crippen LogP contribution in [0.4, 0.5) is 14.6 Å². The van der Waals surface area contributed by atoms with Crippen molar-refractivity contribution < 1.29 is 28.7 Å². The number of pyridine rings is 1. The monoisotopic (exact) mass is 234 g/mol. The Labute approximate surface area is 86.1 Å². The number of nitro groups is 1. The number of rotatable bonds is 3. The number of carboxylic acid groups (broad SMARTS) is 1. The molecule has 0 amide bonds. The third kappa shape index (κ3) is 2.02. The first-order chi connectivity index (χ1) is 7.34. The van der Waals surface area contributed by atoms with Gasteiger partial charge >= 0.3 is 18.2 Å². The summed E-state index contributed by atoms with van der Waals surface area (Å²) in [5, 5.41) is 27.8. The molecule has 1 aromatic rings. The molecule has 1 aromatic heterocycles. The maximum atomic E-state index is 12.3. The van der Waals surface area contributed by atoms with Crippen LogP contribution >= 0.6 is 0 Å². The lowest BCUT2D eigenvalue weighted by molar-refractivity contribution is -0.390. The molecule has 0 unspecified atom stereocenters. The Kier molecular flexibility index (Phi) is 2.97. The molecule has 0 fully saturated rings. The van der Waals surface area contributed by atoms with Crippen LogP contribution in [0.1, 0.15) is 22.5 Å². The molecule has 0 bridgehead atoms. The smallest absolute Gasteiger partial charge is 0.406 e. The normalized spacial score (nSPS) is 10.4. The van der Waals surface area contributed by atoms with E-state index in [0.29, 0.717) is 6.07 Å². The highest BCUT2D eigenvalue weighted by atomic mass is 19.3. The first kappa shape index (κ1) is 11.8. The van der Waals surface area contributed by atoms with Crippen molar-refractivity contribution in [1.29, 1.82) is 0 Å². The lowest BCUT2D eigenvalue weighted by Gasteiger charge is -2.02. The van der Waals surface area contributed by atoms with Gasteiger partial charge in [-0.3, -0.25) is 0 Å². The van der Waals surface area contributed by atoms with Gasteiger partial charge in [-0.1, -0.05) is 0 Å². The number of hydrogen-bond donors (Lipinski definition) is 2. The van der Waals surface area contributed by atoms with Crippen LogP contribution < -0.4 is 0 Å². The third-order valence-electron chi connectivity index (χ3n) is 1.62. The first-order valence-electron chi connectivity index (χ1n) is 3.74. The standard InChI is InChI=1S/C7H4F2N2O5/c8-5(9)4-2(7(13)14)1-3(12)6(10-4)11(15)16/h1,5,12H,(H,13,14). The molecule has 0 radical (unpaired) electrons. The second-order valence-corrected chi connectivity index (χ2v) is 2.63. The molecule has 0 saturated carbocycles. The molecule has 0 spiro atoms. The second kappa shape index (κ2) is 4.04. The average Bonchev–Trinajstić information content (AvgIpc) is 2.15. The molecule has 0 aromatic carbocycles. The van der Waals surface area contributed by atoms with E-state index in [2.05, 4.69) is 4.98 Å². The number of aromatic hydroxyl groups is 1. The predicted octanol–water partition coefficient (Wildman–Crippen LogP) is 1.33. The van der Waals surface area contributed by atoms with Crippen molar-refractivity contribution in [2.45, 2.75) is 6.43 Å². The summed E-state index contributed by atoms with van der Waals surface area (Å²) in [5.74, 6) is -4.04. The fraction of sp³-hybridized carbons (Fsp3) is 0.143. The zero-order valence-electron chi connectivity index (χ0n) is 7.42. The van der Waals surface area contributed by atoms with Crippen molar-refractivity contribution in [2.24, 2.45) is 0 Å². The summed E-state index contributed by atoms with van der Waals surface area (Å²) in [4.78, 5) is 22.4. The van der Waals surface area contributed by atoms with Crippen LogP contribution in [0.15, 0.2) is 6.07 Å². The van der Waals surface area contributed by atoms with Gasteiger partial charge in [0.1, 0.15) is 5.56 Å². The minimum Gasteiger partial charge on any atom is -0.501 e. The highest BCUT2D eigenvalue weighted by Gasteiger charge is 2.30. The fourth-order valence-electron chi connectivity index (χ4n) is 0.979. The van der Waals surface area contributed by atoms with Crippen LogP contribution in [-0.2, 0) is 0 Å².